The third kappa shape index (κ3) is 4.97. The Labute approximate surface area is 178 Å². The van der Waals surface area contributed by atoms with E-state index in [0.29, 0.717) is 35.3 Å². The summed E-state index contributed by atoms with van der Waals surface area (Å²) < 4.78 is 19.4. The normalized spacial score (nSPS) is 12.7. The van der Waals surface area contributed by atoms with Gasteiger partial charge in [0.05, 0.1) is 12.2 Å². The lowest BCUT2D eigenvalue weighted by atomic mass is 9.86. The molecule has 0 bridgehead atoms. The second kappa shape index (κ2) is 9.53. The second-order valence-electron chi connectivity index (χ2n) is 7.16. The number of rotatable bonds is 9. The fourth-order valence-electron chi connectivity index (χ4n) is 3.45. The van der Waals surface area contributed by atoms with E-state index in [-0.39, 0.29) is 42.1 Å². The lowest BCUT2D eigenvalue weighted by Gasteiger charge is -2.18. The van der Waals surface area contributed by atoms with Gasteiger partial charge in [0.2, 0.25) is 0 Å². The predicted molar refractivity (Wildman–Crippen MR) is 114 cm³/mol. The number of anilines is 1. The zero-order valence-electron chi connectivity index (χ0n) is 17.0. The Kier molecular flexibility index (Phi) is 6.81. The van der Waals surface area contributed by atoms with Gasteiger partial charge in [0.25, 0.3) is 0 Å². The van der Waals surface area contributed by atoms with Gasteiger partial charge in [0.1, 0.15) is 17.1 Å². The number of carboxylic acid groups (broad SMARTS) is 1. The average molecular weight is 426 g/mol. The molecular weight excluding hydrogens is 403 g/mol. The number of fused-ring (bicyclic) bond motifs is 1. The van der Waals surface area contributed by atoms with Crippen LogP contribution in [0.2, 0.25) is 0 Å². The zero-order chi connectivity index (χ0) is 22.5. The number of Topliss-reactive ketones (excluding diaryl/α,β-unsaturated/α-hetero) is 2. The Bertz CT molecular complexity index is 1080. The molecule has 4 N–H and O–H groups in total. The van der Waals surface area contributed by atoms with Crippen molar-refractivity contribution in [3.63, 3.8) is 0 Å². The third-order valence-corrected chi connectivity index (χ3v) is 5.00. The number of carbonyl (C=O) groups excluding carboxylic acids is 2. The fraction of sp³-hybridized carbons (Fsp3) is 0.261. The van der Waals surface area contributed by atoms with Gasteiger partial charge in [-0.25, -0.2) is 9.18 Å². The minimum Gasteiger partial charge on any atom is -0.493 e. The highest BCUT2D eigenvalue weighted by atomic mass is 19.1. The van der Waals surface area contributed by atoms with E-state index in [2.05, 4.69) is 5.32 Å². The maximum atomic E-state index is 13.9. The molecule has 8 heteroatoms. The maximum absolute atomic E-state index is 13.9. The number of ether oxygens (including phenoxy) is 1. The topological polar surface area (TPSA) is 119 Å². The van der Waals surface area contributed by atoms with E-state index in [9.17, 15) is 23.9 Å². The van der Waals surface area contributed by atoms with Crippen molar-refractivity contribution < 1.29 is 28.6 Å². The molecule has 7 nitrogen and oxygen atoms in total. The summed E-state index contributed by atoms with van der Waals surface area (Å²) in [6, 6.07) is 6.96. The molecule has 1 aliphatic carbocycles. The van der Waals surface area contributed by atoms with Crippen molar-refractivity contribution in [1.29, 1.82) is 0 Å². The van der Waals surface area contributed by atoms with E-state index < -0.39 is 17.6 Å². The summed E-state index contributed by atoms with van der Waals surface area (Å²) >= 11 is 0. The first-order valence-corrected chi connectivity index (χ1v) is 9.81. The van der Waals surface area contributed by atoms with Crippen LogP contribution in [0.5, 0.6) is 5.75 Å². The lowest BCUT2D eigenvalue weighted by molar-refractivity contribution is -0.120. The number of hydrogen-bond donors (Lipinski definition) is 3. The number of hydrogen-bond acceptors (Lipinski definition) is 6. The van der Waals surface area contributed by atoms with Gasteiger partial charge in [-0.1, -0.05) is 6.07 Å². The minimum atomic E-state index is -1.15. The van der Waals surface area contributed by atoms with Crippen molar-refractivity contribution in [3.8, 4) is 5.75 Å². The molecule has 0 aromatic heterocycles. The molecule has 0 atom stereocenters. The molecule has 2 aromatic carbocycles. The van der Waals surface area contributed by atoms with E-state index in [1.54, 1.807) is 7.05 Å². The Morgan fingerprint density at radius 2 is 2.03 bits per heavy atom. The van der Waals surface area contributed by atoms with E-state index in [1.165, 1.54) is 36.4 Å². The third-order valence-electron chi connectivity index (χ3n) is 5.00. The van der Waals surface area contributed by atoms with Crippen LogP contribution in [0.3, 0.4) is 0 Å². The summed E-state index contributed by atoms with van der Waals surface area (Å²) in [5.74, 6) is -2.25. The predicted octanol–water partition coefficient (Wildman–Crippen LogP) is 2.61. The fourth-order valence-corrected chi connectivity index (χ4v) is 3.45. The maximum Gasteiger partial charge on any atom is 0.339 e. The summed E-state index contributed by atoms with van der Waals surface area (Å²) in [7, 11) is 1.64. The average Bonchev–Trinajstić information content (AvgIpc) is 2.73. The van der Waals surface area contributed by atoms with Crippen LogP contribution in [0.4, 0.5) is 10.1 Å². The number of nitrogens with one attached hydrogen (secondary N) is 1. The molecule has 2 aromatic rings. The van der Waals surface area contributed by atoms with Crippen molar-refractivity contribution in [2.45, 2.75) is 19.3 Å². The highest BCUT2D eigenvalue weighted by Crippen LogP contribution is 2.30. The van der Waals surface area contributed by atoms with Gasteiger partial charge in [0.15, 0.2) is 11.6 Å². The van der Waals surface area contributed by atoms with Crippen molar-refractivity contribution in [3.05, 3.63) is 64.0 Å². The summed E-state index contributed by atoms with van der Waals surface area (Å²) in [6.07, 6.45) is 1.84. The van der Waals surface area contributed by atoms with Gasteiger partial charge < -0.3 is 20.9 Å². The van der Waals surface area contributed by atoms with Crippen LogP contribution in [0.15, 0.2) is 35.9 Å². The molecule has 0 unspecified atom stereocenters. The lowest BCUT2D eigenvalue weighted by Crippen LogP contribution is -2.21. The van der Waals surface area contributed by atoms with Gasteiger partial charge in [0, 0.05) is 25.6 Å². The quantitative estimate of drug-likeness (QED) is 0.417. The van der Waals surface area contributed by atoms with Gasteiger partial charge in [-0.2, -0.15) is 0 Å². The van der Waals surface area contributed by atoms with Gasteiger partial charge in [-0.05, 0) is 60.0 Å². The monoisotopic (exact) mass is 426 g/mol. The summed E-state index contributed by atoms with van der Waals surface area (Å²) in [6.45, 7) is 0.641. The van der Waals surface area contributed by atoms with Crippen LogP contribution in [0.1, 0.15) is 33.5 Å². The molecule has 3 rings (SSSR count). The number of halogens is 1. The molecule has 0 heterocycles. The molecule has 1 aliphatic rings. The highest BCUT2D eigenvalue weighted by molar-refractivity contribution is 6.25. The first kappa shape index (κ1) is 22.2. The SMILES string of the molecule is CNc1cc(F)cc2c1CC(=O)C(C(=O)Cc1ccc(C(=O)O)c(OCCCN)c1)=C2. The Hall–Kier alpha value is -3.52. The zero-order valence-corrected chi connectivity index (χ0v) is 17.0. The van der Waals surface area contributed by atoms with E-state index >= 15 is 0 Å². The highest BCUT2D eigenvalue weighted by Gasteiger charge is 2.26. The molecule has 0 saturated heterocycles. The first-order chi connectivity index (χ1) is 14.8. The van der Waals surface area contributed by atoms with Crippen LogP contribution >= 0.6 is 0 Å². The Balaban J connectivity index is 1.87. The van der Waals surface area contributed by atoms with Gasteiger partial charge in [-0.15, -0.1) is 0 Å². The minimum absolute atomic E-state index is 0.00520. The number of ketones is 2. The van der Waals surface area contributed by atoms with Crippen molar-refractivity contribution in [2.24, 2.45) is 5.73 Å². The molecule has 0 amide bonds. The molecule has 162 valence electrons. The van der Waals surface area contributed by atoms with Crippen LogP contribution in [0.25, 0.3) is 6.08 Å². The first-order valence-electron chi connectivity index (χ1n) is 9.81. The largest absolute Gasteiger partial charge is 0.493 e. The second-order valence-corrected chi connectivity index (χ2v) is 7.16. The van der Waals surface area contributed by atoms with Crippen LogP contribution in [0, 0.1) is 5.82 Å². The number of carboxylic acids is 1. The summed E-state index contributed by atoms with van der Waals surface area (Å²) in [5.41, 5.74) is 7.55. The molecule has 0 spiro atoms. The summed E-state index contributed by atoms with van der Waals surface area (Å²) in [4.78, 5) is 36.9. The van der Waals surface area contributed by atoms with Crippen LogP contribution in [-0.2, 0) is 22.4 Å². The van der Waals surface area contributed by atoms with Gasteiger partial charge >= 0.3 is 5.97 Å². The molecule has 0 aliphatic heterocycles. The Morgan fingerprint density at radius 3 is 2.71 bits per heavy atom. The van der Waals surface area contributed by atoms with E-state index in [4.69, 9.17) is 10.5 Å². The number of aromatic carboxylic acids is 1. The van der Waals surface area contributed by atoms with Crippen molar-refractivity contribution >= 4 is 29.3 Å². The molecule has 0 saturated carbocycles. The molecular formula is C23H23FN2O5. The summed E-state index contributed by atoms with van der Waals surface area (Å²) in [5, 5.41) is 12.2. The van der Waals surface area contributed by atoms with E-state index in [0.717, 1.165) is 0 Å². The van der Waals surface area contributed by atoms with Crippen LogP contribution in [-0.4, -0.2) is 42.8 Å². The van der Waals surface area contributed by atoms with Gasteiger partial charge in [-0.3, -0.25) is 9.59 Å². The number of allylic oxidation sites excluding steroid dienone is 1. The molecule has 31 heavy (non-hydrogen) atoms. The number of carbonyl (C=O) groups is 3. The number of benzene rings is 2. The Morgan fingerprint density at radius 1 is 1.26 bits per heavy atom. The standard InChI is InChI=1S/C23H23FN2O5/c1-26-19-11-15(24)9-14-10-18(21(28)12-17(14)19)20(27)7-13-3-4-16(23(29)30)22(8-13)31-6-2-5-25/h3-4,8-11,26H,2,5-7,12,25H2,1H3,(H,29,30). The van der Waals surface area contributed by atoms with E-state index in [1.807, 2.05) is 0 Å². The molecule has 0 radical (unpaired) electrons. The van der Waals surface area contributed by atoms with Crippen LogP contribution < -0.4 is 15.8 Å². The smallest absolute Gasteiger partial charge is 0.339 e. The van der Waals surface area contributed by atoms with Crippen molar-refractivity contribution in [1.82, 2.24) is 0 Å². The molecule has 0 fully saturated rings. The van der Waals surface area contributed by atoms with Crippen molar-refractivity contribution in [2.75, 3.05) is 25.5 Å². The number of nitrogens with two attached hydrogens (primary N) is 1.